The monoisotopic (exact) mass is 746 g/mol. The average molecular weight is 747 g/mol. The second kappa shape index (κ2) is 12.5. The van der Waals surface area contributed by atoms with Gasteiger partial charge in [0.2, 0.25) is 5.78 Å². The lowest BCUT2D eigenvalue weighted by Gasteiger charge is -2.49. The topological polar surface area (TPSA) is 175 Å². The van der Waals surface area contributed by atoms with E-state index in [9.17, 15) is 24.9 Å². The molecule has 4 saturated heterocycles. The van der Waals surface area contributed by atoms with Gasteiger partial charge in [0.25, 0.3) is 0 Å². The van der Waals surface area contributed by atoms with E-state index >= 15 is 4.79 Å². The average Bonchev–Trinajstić information content (AvgIpc) is 4.01. The second-order valence-corrected chi connectivity index (χ2v) is 16.9. The molecule has 0 amide bonds. The first kappa shape index (κ1) is 37.4. The standard InChI is InChI=1S/C41H50N2O11/c1-16-11-22-30(37-28(16)24(44)14-27(53-37)41(6)39(54-41)36-18(3)52-36)35(48)31-29(34(22)47)20(25-13-23(42(7)8)32(45)17(2)50-25)12-21(33(31)46)26-15-40(5,43(9)10)38(49)19(4)51-26/h11-12,14,17-19,23,25-26,32,36,38-39,45-46,49H,13,15H2,1-10H3/t17-,18+,19-,23+,25-,26-,32+,36-,38-,39+,40-,41+/m1/s1. The number of ether oxygens (including phenoxy) is 4. The van der Waals surface area contributed by atoms with Gasteiger partial charge in [-0.25, -0.2) is 0 Å². The summed E-state index contributed by atoms with van der Waals surface area (Å²) in [7, 11) is 7.45. The highest BCUT2D eigenvalue weighted by atomic mass is 16.7. The molecule has 13 nitrogen and oxygen atoms in total. The number of ketones is 2. The Kier molecular flexibility index (Phi) is 8.65. The minimum absolute atomic E-state index is 0.00321. The summed E-state index contributed by atoms with van der Waals surface area (Å²) in [6.07, 6.45) is -4.44. The van der Waals surface area contributed by atoms with Crippen LogP contribution in [0.2, 0.25) is 0 Å². The van der Waals surface area contributed by atoms with Crippen molar-refractivity contribution >= 4 is 22.5 Å². The predicted molar refractivity (Wildman–Crippen MR) is 196 cm³/mol. The third kappa shape index (κ3) is 5.38. The summed E-state index contributed by atoms with van der Waals surface area (Å²) in [5, 5.41) is 34.7. The van der Waals surface area contributed by atoms with Gasteiger partial charge < -0.3 is 48.5 Å². The molecule has 3 aromatic rings. The molecule has 1 aromatic heterocycles. The van der Waals surface area contributed by atoms with E-state index < -0.39 is 65.1 Å². The van der Waals surface area contributed by atoms with Gasteiger partial charge in [0, 0.05) is 34.3 Å². The fraction of sp³-hybridized carbons (Fsp3) is 0.585. The number of phenols is 1. The molecule has 0 spiro atoms. The van der Waals surface area contributed by atoms with E-state index in [4.69, 9.17) is 23.4 Å². The Morgan fingerprint density at radius 3 is 2.11 bits per heavy atom. The van der Waals surface area contributed by atoms with Crippen molar-refractivity contribution in [1.82, 2.24) is 9.80 Å². The number of aryl methyl sites for hydroxylation is 1. The predicted octanol–water partition coefficient (Wildman–Crippen LogP) is 3.66. The number of nitrogens with zero attached hydrogens (tertiary/aromatic N) is 2. The number of hydrogen-bond acceptors (Lipinski definition) is 13. The van der Waals surface area contributed by atoms with Gasteiger partial charge >= 0.3 is 0 Å². The number of rotatable bonds is 6. The van der Waals surface area contributed by atoms with E-state index in [0.717, 1.165) is 0 Å². The Morgan fingerprint density at radius 1 is 0.815 bits per heavy atom. The maximum absolute atomic E-state index is 15.1. The molecule has 0 bridgehead atoms. The van der Waals surface area contributed by atoms with Crippen molar-refractivity contribution in [2.75, 3.05) is 28.2 Å². The number of epoxide rings is 2. The summed E-state index contributed by atoms with van der Waals surface area (Å²) >= 11 is 0. The van der Waals surface area contributed by atoms with Gasteiger partial charge in [-0.15, -0.1) is 0 Å². The lowest BCUT2D eigenvalue weighted by molar-refractivity contribution is -0.176. The van der Waals surface area contributed by atoms with Gasteiger partial charge in [-0.2, -0.15) is 0 Å². The number of hydrogen-bond donors (Lipinski definition) is 3. The van der Waals surface area contributed by atoms with E-state index in [2.05, 4.69) is 0 Å². The maximum Gasteiger partial charge on any atom is 0.202 e. The Bertz CT molecular complexity index is 2160. The summed E-state index contributed by atoms with van der Waals surface area (Å²) in [6.45, 7) is 10.9. The Balaban J connectivity index is 1.34. The summed E-state index contributed by atoms with van der Waals surface area (Å²) in [4.78, 5) is 47.7. The molecular formula is C41H50N2O11. The summed E-state index contributed by atoms with van der Waals surface area (Å²) in [5.74, 6) is -1.42. The van der Waals surface area contributed by atoms with Crippen LogP contribution in [-0.4, -0.2) is 119 Å². The highest BCUT2D eigenvalue weighted by Gasteiger charge is 2.66. The van der Waals surface area contributed by atoms with Crippen molar-refractivity contribution in [3.63, 3.8) is 0 Å². The van der Waals surface area contributed by atoms with E-state index in [1.165, 1.54) is 12.1 Å². The zero-order valence-electron chi connectivity index (χ0n) is 32.4. The molecule has 290 valence electrons. The number of carbonyl (C=O) groups excluding carboxylic acids is 2. The van der Waals surface area contributed by atoms with Crippen LogP contribution >= 0.6 is 0 Å². The number of phenolic OH excluding ortho intramolecular Hbond substituents is 1. The fourth-order valence-corrected chi connectivity index (χ4v) is 9.24. The molecule has 54 heavy (non-hydrogen) atoms. The van der Waals surface area contributed by atoms with Gasteiger partial charge in [-0.05, 0) is 106 Å². The summed E-state index contributed by atoms with van der Waals surface area (Å²) in [5.41, 5.74) is -1.39. The van der Waals surface area contributed by atoms with Gasteiger partial charge in [-0.3, -0.25) is 14.4 Å². The molecule has 0 unspecified atom stereocenters. The smallest absolute Gasteiger partial charge is 0.202 e. The third-order valence-electron chi connectivity index (χ3n) is 13.0. The van der Waals surface area contributed by atoms with Crippen LogP contribution in [0.25, 0.3) is 11.0 Å². The van der Waals surface area contributed by atoms with E-state index in [1.54, 1.807) is 33.8 Å². The van der Waals surface area contributed by atoms with E-state index in [1.807, 2.05) is 51.8 Å². The van der Waals surface area contributed by atoms with Crippen LogP contribution in [-0.2, 0) is 24.5 Å². The lowest BCUT2D eigenvalue weighted by atomic mass is 9.74. The summed E-state index contributed by atoms with van der Waals surface area (Å²) < 4.78 is 30.9. The lowest BCUT2D eigenvalue weighted by Crippen LogP contribution is -2.59. The highest BCUT2D eigenvalue weighted by Crippen LogP contribution is 2.54. The molecule has 5 aliphatic rings. The molecule has 0 saturated carbocycles. The van der Waals surface area contributed by atoms with Gasteiger partial charge in [-0.1, -0.05) is 0 Å². The maximum atomic E-state index is 15.1. The van der Waals surface area contributed by atoms with Crippen molar-refractivity contribution in [2.24, 2.45) is 0 Å². The number of aromatic hydroxyl groups is 1. The Morgan fingerprint density at radius 2 is 1.48 bits per heavy atom. The van der Waals surface area contributed by atoms with Crippen LogP contribution in [0.4, 0.5) is 0 Å². The number of fused-ring (bicyclic) bond motifs is 4. The first-order chi connectivity index (χ1) is 25.3. The number of aliphatic hydroxyl groups is 2. The van der Waals surface area contributed by atoms with Crippen LogP contribution in [0.3, 0.4) is 0 Å². The third-order valence-corrected chi connectivity index (χ3v) is 13.0. The first-order valence-electron chi connectivity index (χ1n) is 18.7. The molecule has 0 radical (unpaired) electrons. The largest absolute Gasteiger partial charge is 0.507 e. The summed E-state index contributed by atoms with van der Waals surface area (Å²) in [6, 6.07) is 4.26. The van der Waals surface area contributed by atoms with E-state index in [0.29, 0.717) is 11.1 Å². The van der Waals surface area contributed by atoms with Crippen molar-refractivity contribution in [1.29, 1.82) is 0 Å². The highest BCUT2D eigenvalue weighted by molar-refractivity contribution is 6.33. The van der Waals surface area contributed by atoms with Crippen molar-refractivity contribution in [2.45, 2.75) is 127 Å². The number of benzene rings is 2. The molecule has 1 aliphatic carbocycles. The second-order valence-electron chi connectivity index (χ2n) is 16.9. The van der Waals surface area contributed by atoms with Crippen molar-refractivity contribution in [3.8, 4) is 5.75 Å². The molecule has 8 rings (SSSR count). The van der Waals surface area contributed by atoms with Crippen LogP contribution in [0.5, 0.6) is 5.75 Å². The minimum atomic E-state index is -0.970. The molecule has 2 aromatic carbocycles. The molecule has 12 atom stereocenters. The van der Waals surface area contributed by atoms with Gasteiger partial charge in [0.15, 0.2) is 16.8 Å². The van der Waals surface area contributed by atoms with Crippen molar-refractivity contribution in [3.05, 3.63) is 73.1 Å². The van der Waals surface area contributed by atoms with Gasteiger partial charge in [0.1, 0.15) is 29.3 Å². The van der Waals surface area contributed by atoms with Crippen LogP contribution < -0.4 is 5.43 Å². The normalized spacial score (nSPS) is 37.5. The quantitative estimate of drug-likeness (QED) is 0.244. The zero-order valence-corrected chi connectivity index (χ0v) is 32.4. The minimum Gasteiger partial charge on any atom is -0.507 e. The van der Waals surface area contributed by atoms with Crippen LogP contribution in [0.1, 0.15) is 114 Å². The molecule has 4 aliphatic heterocycles. The molecular weight excluding hydrogens is 696 g/mol. The molecule has 3 N–H and O–H groups in total. The first-order valence-corrected chi connectivity index (χ1v) is 18.7. The fourth-order valence-electron chi connectivity index (χ4n) is 9.24. The number of carbonyl (C=O) groups is 2. The SMILES string of the molecule is Cc1cc2c(c3oc([C@]4(C)O[C@H]4[C@@H]4O[C@H]4C)cc(=O)c13)C(=O)c1c(O)c([C@H]3C[C@@](C)(N(C)C)[C@H](O)[C@@H](C)O3)cc([C@H]3C[C@H](N(C)C)[C@@H](O)[C@@H](C)O3)c1C2=O. The van der Waals surface area contributed by atoms with Crippen molar-refractivity contribution < 1.29 is 48.3 Å². The number of likely N-dealkylation sites (N-methyl/N-ethyl adjacent to an activating group) is 2. The Hall–Kier alpha value is -3.53. The molecule has 5 heterocycles. The molecule has 4 fully saturated rings. The van der Waals surface area contributed by atoms with Crippen LogP contribution in [0.15, 0.2) is 27.4 Å². The Labute approximate surface area is 313 Å². The van der Waals surface area contributed by atoms with Gasteiger partial charge in [0.05, 0.1) is 59.2 Å². The molecule has 13 heteroatoms. The zero-order chi connectivity index (χ0) is 39.1. The van der Waals surface area contributed by atoms with E-state index in [-0.39, 0.29) is 87.2 Å². The van der Waals surface area contributed by atoms with Crippen LogP contribution in [0, 0.1) is 6.92 Å². The number of aliphatic hydroxyl groups excluding tert-OH is 2.